The maximum atomic E-state index is 12.1. The molecule has 5 heteroatoms. The molecule has 0 aromatic heterocycles. The Morgan fingerprint density at radius 2 is 1.92 bits per heavy atom. The first-order valence-corrected chi connectivity index (χ1v) is 8.22. The number of carbonyl (C=O) groups excluding carboxylic acids is 1. The van der Waals surface area contributed by atoms with Crippen LogP contribution in [0.5, 0.6) is 5.75 Å². The van der Waals surface area contributed by atoms with Gasteiger partial charge in [0.25, 0.3) is 0 Å². The molecule has 1 unspecified atom stereocenters. The van der Waals surface area contributed by atoms with Gasteiger partial charge in [-0.3, -0.25) is 4.79 Å². The lowest BCUT2D eigenvalue weighted by molar-refractivity contribution is -0.121. The van der Waals surface area contributed by atoms with Crippen LogP contribution in [0.15, 0.2) is 48.5 Å². The third kappa shape index (κ3) is 5.64. The number of carboxylic acids is 1. The SMILES string of the molecule is COc1cccc(C(C)CC(=O)NCCc2cccc(C(=O)O)c2)c1. The van der Waals surface area contributed by atoms with Gasteiger partial charge in [0.2, 0.25) is 5.91 Å². The Hall–Kier alpha value is -2.82. The van der Waals surface area contributed by atoms with E-state index in [1.165, 1.54) is 0 Å². The monoisotopic (exact) mass is 341 g/mol. The van der Waals surface area contributed by atoms with E-state index in [1.807, 2.05) is 37.3 Å². The van der Waals surface area contributed by atoms with Crippen molar-refractivity contribution >= 4 is 11.9 Å². The lowest BCUT2D eigenvalue weighted by Gasteiger charge is -2.13. The first-order chi connectivity index (χ1) is 12.0. The molecule has 2 N–H and O–H groups in total. The summed E-state index contributed by atoms with van der Waals surface area (Å²) < 4.78 is 5.21. The minimum absolute atomic E-state index is 0.0234. The molecule has 2 rings (SSSR count). The highest BCUT2D eigenvalue weighted by Crippen LogP contribution is 2.23. The molecular formula is C20H23NO4. The molecule has 0 spiro atoms. The first-order valence-electron chi connectivity index (χ1n) is 8.22. The average molecular weight is 341 g/mol. The number of amides is 1. The smallest absolute Gasteiger partial charge is 0.335 e. The average Bonchev–Trinajstić information content (AvgIpc) is 2.62. The molecule has 0 radical (unpaired) electrons. The Bertz CT molecular complexity index is 742. The van der Waals surface area contributed by atoms with E-state index in [-0.39, 0.29) is 17.4 Å². The van der Waals surface area contributed by atoms with E-state index >= 15 is 0 Å². The molecule has 0 saturated carbocycles. The largest absolute Gasteiger partial charge is 0.497 e. The van der Waals surface area contributed by atoms with Crippen LogP contribution in [0.3, 0.4) is 0 Å². The van der Waals surface area contributed by atoms with Crippen LogP contribution in [-0.2, 0) is 11.2 Å². The van der Waals surface area contributed by atoms with Gasteiger partial charge in [0.1, 0.15) is 5.75 Å². The quantitative estimate of drug-likeness (QED) is 0.773. The van der Waals surface area contributed by atoms with Crippen LogP contribution in [0.4, 0.5) is 0 Å². The highest BCUT2D eigenvalue weighted by Gasteiger charge is 2.12. The predicted molar refractivity (Wildman–Crippen MR) is 96.1 cm³/mol. The molecule has 0 fully saturated rings. The molecule has 1 amide bonds. The van der Waals surface area contributed by atoms with Gasteiger partial charge in [-0.25, -0.2) is 4.79 Å². The highest BCUT2D eigenvalue weighted by atomic mass is 16.5. The van der Waals surface area contributed by atoms with Crippen molar-refractivity contribution in [2.24, 2.45) is 0 Å². The second-order valence-electron chi connectivity index (χ2n) is 5.99. The van der Waals surface area contributed by atoms with Gasteiger partial charge >= 0.3 is 5.97 Å². The van der Waals surface area contributed by atoms with Crippen LogP contribution < -0.4 is 10.1 Å². The maximum absolute atomic E-state index is 12.1. The summed E-state index contributed by atoms with van der Waals surface area (Å²) >= 11 is 0. The molecule has 0 bridgehead atoms. The van der Waals surface area contributed by atoms with Crippen molar-refractivity contribution in [3.05, 3.63) is 65.2 Å². The second-order valence-corrected chi connectivity index (χ2v) is 5.99. The Labute approximate surface area is 147 Å². The van der Waals surface area contributed by atoms with Crippen molar-refractivity contribution in [3.8, 4) is 5.75 Å². The van der Waals surface area contributed by atoms with E-state index in [9.17, 15) is 9.59 Å². The van der Waals surface area contributed by atoms with Crippen molar-refractivity contribution in [1.82, 2.24) is 5.32 Å². The van der Waals surface area contributed by atoms with Crippen molar-refractivity contribution in [1.29, 1.82) is 0 Å². The number of methoxy groups -OCH3 is 1. The number of benzene rings is 2. The van der Waals surface area contributed by atoms with E-state index in [4.69, 9.17) is 9.84 Å². The second kappa shape index (κ2) is 8.87. The minimum Gasteiger partial charge on any atom is -0.497 e. The van der Waals surface area contributed by atoms with Gasteiger partial charge in [0.05, 0.1) is 12.7 Å². The highest BCUT2D eigenvalue weighted by molar-refractivity contribution is 5.87. The summed E-state index contributed by atoms with van der Waals surface area (Å²) in [6.07, 6.45) is 0.989. The number of carboxylic acid groups (broad SMARTS) is 1. The van der Waals surface area contributed by atoms with Crippen LogP contribution in [-0.4, -0.2) is 30.6 Å². The van der Waals surface area contributed by atoms with Crippen LogP contribution >= 0.6 is 0 Å². The molecule has 25 heavy (non-hydrogen) atoms. The minimum atomic E-state index is -0.946. The fourth-order valence-corrected chi connectivity index (χ4v) is 2.62. The van der Waals surface area contributed by atoms with Crippen molar-refractivity contribution in [2.45, 2.75) is 25.7 Å². The van der Waals surface area contributed by atoms with Crippen LogP contribution in [0.2, 0.25) is 0 Å². The van der Waals surface area contributed by atoms with Gasteiger partial charge in [-0.15, -0.1) is 0 Å². The van der Waals surface area contributed by atoms with E-state index in [1.54, 1.807) is 25.3 Å². The Morgan fingerprint density at radius 1 is 1.16 bits per heavy atom. The van der Waals surface area contributed by atoms with E-state index in [2.05, 4.69) is 5.32 Å². The van der Waals surface area contributed by atoms with E-state index < -0.39 is 5.97 Å². The zero-order valence-corrected chi connectivity index (χ0v) is 14.5. The van der Waals surface area contributed by atoms with Crippen molar-refractivity contribution in [3.63, 3.8) is 0 Å². The number of rotatable bonds is 8. The van der Waals surface area contributed by atoms with Gasteiger partial charge in [0.15, 0.2) is 0 Å². The van der Waals surface area contributed by atoms with Crippen LogP contribution in [0.25, 0.3) is 0 Å². The molecule has 132 valence electrons. The summed E-state index contributed by atoms with van der Waals surface area (Å²) in [5, 5.41) is 11.9. The lowest BCUT2D eigenvalue weighted by atomic mass is 9.97. The molecule has 1 atom stereocenters. The van der Waals surface area contributed by atoms with Gasteiger partial charge in [-0.2, -0.15) is 0 Å². The summed E-state index contributed by atoms with van der Waals surface area (Å²) in [4.78, 5) is 23.1. The number of aromatic carboxylic acids is 1. The number of hydrogen-bond acceptors (Lipinski definition) is 3. The maximum Gasteiger partial charge on any atom is 0.335 e. The summed E-state index contributed by atoms with van der Waals surface area (Å²) in [6, 6.07) is 14.5. The molecule has 0 aliphatic carbocycles. The fourth-order valence-electron chi connectivity index (χ4n) is 2.62. The van der Waals surface area contributed by atoms with Crippen molar-refractivity contribution < 1.29 is 19.4 Å². The molecule has 0 aliphatic rings. The number of nitrogens with one attached hydrogen (secondary N) is 1. The summed E-state index contributed by atoms with van der Waals surface area (Å²) in [5.41, 5.74) is 2.21. The van der Waals surface area contributed by atoms with Crippen LogP contribution in [0, 0.1) is 0 Å². The Morgan fingerprint density at radius 3 is 2.64 bits per heavy atom. The third-order valence-corrected chi connectivity index (χ3v) is 4.06. The van der Waals surface area contributed by atoms with Crippen molar-refractivity contribution in [2.75, 3.05) is 13.7 Å². The molecule has 2 aromatic rings. The summed E-state index contributed by atoms with van der Waals surface area (Å²) in [5.74, 6) is -0.101. The van der Waals surface area contributed by atoms with E-state index in [0.29, 0.717) is 19.4 Å². The van der Waals surface area contributed by atoms with Gasteiger partial charge in [0, 0.05) is 13.0 Å². The zero-order valence-electron chi connectivity index (χ0n) is 14.5. The molecule has 5 nitrogen and oxygen atoms in total. The van der Waals surface area contributed by atoms with Gasteiger partial charge in [-0.1, -0.05) is 31.2 Å². The normalized spacial score (nSPS) is 11.6. The molecule has 2 aromatic carbocycles. The molecule has 0 saturated heterocycles. The van der Waals surface area contributed by atoms with Crippen LogP contribution in [0.1, 0.15) is 40.7 Å². The Balaban J connectivity index is 1.82. The summed E-state index contributed by atoms with van der Waals surface area (Å²) in [7, 11) is 1.62. The zero-order chi connectivity index (χ0) is 18.2. The standard InChI is InChI=1S/C20H23NO4/c1-14(16-6-4-8-18(13-16)25-2)11-19(22)21-10-9-15-5-3-7-17(12-15)20(23)24/h3-8,12-14H,9-11H2,1-2H3,(H,21,22)(H,23,24). The summed E-state index contributed by atoms with van der Waals surface area (Å²) in [6.45, 7) is 2.48. The molecular weight excluding hydrogens is 318 g/mol. The lowest BCUT2D eigenvalue weighted by Crippen LogP contribution is -2.26. The topological polar surface area (TPSA) is 75.6 Å². The van der Waals surface area contributed by atoms with Gasteiger partial charge < -0.3 is 15.2 Å². The predicted octanol–water partition coefficient (Wildman–Crippen LogP) is 3.25. The van der Waals surface area contributed by atoms with Gasteiger partial charge in [-0.05, 0) is 47.7 Å². The number of ether oxygens (including phenoxy) is 1. The fraction of sp³-hybridized carbons (Fsp3) is 0.300. The Kier molecular flexibility index (Phi) is 6.57. The molecule has 0 heterocycles. The number of carbonyl (C=O) groups is 2. The molecule has 0 aliphatic heterocycles. The first kappa shape index (κ1) is 18.5. The number of hydrogen-bond donors (Lipinski definition) is 2. The van der Waals surface area contributed by atoms with E-state index in [0.717, 1.165) is 16.9 Å². The third-order valence-electron chi connectivity index (χ3n) is 4.06.